The minimum Gasteiger partial charge on any atom is -0.396 e. The van der Waals surface area contributed by atoms with Gasteiger partial charge in [0, 0.05) is 30.9 Å². The van der Waals surface area contributed by atoms with Crippen LogP contribution in [0.3, 0.4) is 0 Å². The van der Waals surface area contributed by atoms with Crippen molar-refractivity contribution in [3.05, 3.63) is 40.4 Å². The van der Waals surface area contributed by atoms with Gasteiger partial charge in [-0.1, -0.05) is 38.4 Å². The number of hydrogen-bond acceptors (Lipinski definition) is 4. The summed E-state index contributed by atoms with van der Waals surface area (Å²) >= 11 is 6.36. The van der Waals surface area contributed by atoms with Gasteiger partial charge in [0.2, 0.25) is 5.91 Å². The van der Waals surface area contributed by atoms with Gasteiger partial charge < -0.3 is 15.0 Å². The fourth-order valence-electron chi connectivity index (χ4n) is 5.17. The van der Waals surface area contributed by atoms with Crippen molar-refractivity contribution in [2.24, 2.45) is 11.8 Å². The summed E-state index contributed by atoms with van der Waals surface area (Å²) in [4.78, 5) is 12.9. The van der Waals surface area contributed by atoms with Crippen LogP contribution >= 0.6 is 11.6 Å². The average Bonchev–Trinajstić information content (AvgIpc) is 3.50. The van der Waals surface area contributed by atoms with Gasteiger partial charge in [0.15, 0.2) is 0 Å². The standard InChI is InChI=1S/C26H37ClN4O2/c1-4-17-5-8-23(22(27)14-17)28-24(33)15-19(9-10-32)25-29-30-26(31(25)21-6-7-21)20-12-18(13-20)11-16(2)3/h5,8,14,16,18-21,32H,4,6-7,9-13,15H2,1-3H3,(H,28,33)/t18?,19-,20?/m0/s1. The predicted octanol–water partition coefficient (Wildman–Crippen LogP) is 5.86. The molecule has 1 aromatic heterocycles. The molecule has 2 N–H and O–H groups in total. The van der Waals surface area contributed by atoms with Gasteiger partial charge in [-0.2, -0.15) is 0 Å². The van der Waals surface area contributed by atoms with Gasteiger partial charge in [0.25, 0.3) is 0 Å². The van der Waals surface area contributed by atoms with Crippen molar-refractivity contribution in [2.75, 3.05) is 11.9 Å². The van der Waals surface area contributed by atoms with Crippen molar-refractivity contribution < 1.29 is 9.90 Å². The first-order valence-corrected chi connectivity index (χ1v) is 12.9. The Hall–Kier alpha value is -1.92. The van der Waals surface area contributed by atoms with Crippen LogP contribution in [0.15, 0.2) is 18.2 Å². The fourth-order valence-corrected chi connectivity index (χ4v) is 5.42. The number of aromatic nitrogens is 3. The Labute approximate surface area is 202 Å². The Bertz CT molecular complexity index is 963. The number of carbonyl (C=O) groups excluding carboxylic acids is 1. The highest BCUT2D eigenvalue weighted by molar-refractivity contribution is 6.33. The molecular formula is C26H37ClN4O2. The van der Waals surface area contributed by atoms with Gasteiger partial charge >= 0.3 is 0 Å². The van der Waals surface area contributed by atoms with E-state index >= 15 is 0 Å². The van der Waals surface area contributed by atoms with E-state index in [9.17, 15) is 9.90 Å². The lowest BCUT2D eigenvalue weighted by Crippen LogP contribution is -2.26. The van der Waals surface area contributed by atoms with Crippen LogP contribution in [0, 0.1) is 11.8 Å². The molecule has 180 valence electrons. The molecule has 2 fully saturated rings. The van der Waals surface area contributed by atoms with Gasteiger partial charge in [0.1, 0.15) is 11.6 Å². The first-order chi connectivity index (χ1) is 15.9. The molecule has 0 aliphatic heterocycles. The van der Waals surface area contributed by atoms with Crippen LogP contribution in [0.5, 0.6) is 0 Å². The van der Waals surface area contributed by atoms with Crippen LogP contribution in [0.2, 0.25) is 5.02 Å². The molecule has 1 amide bonds. The second kappa shape index (κ2) is 10.6. The quantitative estimate of drug-likeness (QED) is 0.429. The van der Waals surface area contributed by atoms with Crippen molar-refractivity contribution >= 4 is 23.2 Å². The highest BCUT2D eigenvalue weighted by Gasteiger charge is 2.39. The Morgan fingerprint density at radius 2 is 2.03 bits per heavy atom. The maximum absolute atomic E-state index is 12.9. The zero-order valence-corrected chi connectivity index (χ0v) is 20.8. The molecule has 0 saturated heterocycles. The maximum Gasteiger partial charge on any atom is 0.225 e. The number of aryl methyl sites for hydroxylation is 1. The van der Waals surface area contributed by atoms with Crippen LogP contribution < -0.4 is 5.32 Å². The molecule has 2 aliphatic rings. The van der Waals surface area contributed by atoms with Crippen molar-refractivity contribution in [1.29, 1.82) is 0 Å². The van der Waals surface area contributed by atoms with Crippen LogP contribution in [0.4, 0.5) is 5.69 Å². The van der Waals surface area contributed by atoms with Gasteiger partial charge in [0.05, 0.1) is 10.7 Å². The van der Waals surface area contributed by atoms with E-state index in [4.69, 9.17) is 11.6 Å². The lowest BCUT2D eigenvalue weighted by atomic mass is 9.71. The topological polar surface area (TPSA) is 80.0 Å². The van der Waals surface area contributed by atoms with Gasteiger partial charge in [-0.15, -0.1) is 10.2 Å². The second-order valence-electron chi connectivity index (χ2n) is 10.3. The van der Waals surface area contributed by atoms with Gasteiger partial charge in [-0.3, -0.25) is 4.79 Å². The molecule has 1 heterocycles. The smallest absolute Gasteiger partial charge is 0.225 e. The minimum atomic E-state index is -0.169. The van der Waals surface area contributed by atoms with E-state index in [0.29, 0.717) is 29.1 Å². The number of hydrogen-bond donors (Lipinski definition) is 2. The van der Waals surface area contributed by atoms with E-state index in [2.05, 4.69) is 40.9 Å². The molecular weight excluding hydrogens is 436 g/mol. The number of nitrogens with zero attached hydrogens (tertiary/aromatic N) is 3. The number of halogens is 1. The number of amides is 1. The molecule has 7 heteroatoms. The Kier molecular flexibility index (Phi) is 7.75. The third kappa shape index (κ3) is 5.78. The van der Waals surface area contributed by atoms with E-state index in [1.165, 1.54) is 19.3 Å². The fraction of sp³-hybridized carbons (Fsp3) is 0.654. The number of aliphatic hydroxyl groups is 1. The van der Waals surface area contributed by atoms with Crippen molar-refractivity contribution in [1.82, 2.24) is 14.8 Å². The van der Waals surface area contributed by atoms with Crippen LogP contribution in [0.1, 0.15) is 101 Å². The summed E-state index contributed by atoms with van der Waals surface area (Å²) in [6.07, 6.45) is 7.54. The number of benzene rings is 1. The number of nitrogens with one attached hydrogen (secondary N) is 1. The molecule has 0 radical (unpaired) electrons. The van der Waals surface area contributed by atoms with E-state index in [-0.39, 0.29) is 24.9 Å². The third-order valence-corrected chi connectivity index (χ3v) is 7.37. The summed E-state index contributed by atoms with van der Waals surface area (Å²) in [5, 5.41) is 22.4. The van der Waals surface area contributed by atoms with E-state index in [1.54, 1.807) is 0 Å². The summed E-state index contributed by atoms with van der Waals surface area (Å²) in [6.45, 7) is 6.65. The molecule has 33 heavy (non-hydrogen) atoms. The predicted molar refractivity (Wildman–Crippen MR) is 132 cm³/mol. The largest absolute Gasteiger partial charge is 0.396 e. The molecule has 0 spiro atoms. The maximum atomic E-state index is 12.9. The van der Waals surface area contributed by atoms with Crippen molar-refractivity contribution in [3.63, 3.8) is 0 Å². The first-order valence-electron chi connectivity index (χ1n) is 12.5. The van der Waals surface area contributed by atoms with Crippen LogP contribution in [-0.4, -0.2) is 32.4 Å². The normalized spacial score (nSPS) is 21.2. The number of carbonyl (C=O) groups is 1. The Morgan fingerprint density at radius 1 is 1.27 bits per heavy atom. The highest BCUT2D eigenvalue weighted by atomic mass is 35.5. The average molecular weight is 473 g/mol. The molecule has 0 bridgehead atoms. The summed E-state index contributed by atoms with van der Waals surface area (Å²) in [7, 11) is 0. The molecule has 2 aliphatic carbocycles. The molecule has 0 unspecified atom stereocenters. The zero-order chi connectivity index (χ0) is 23.5. The molecule has 1 aromatic carbocycles. The monoisotopic (exact) mass is 472 g/mol. The summed E-state index contributed by atoms with van der Waals surface area (Å²) < 4.78 is 2.31. The second-order valence-corrected chi connectivity index (χ2v) is 10.7. The molecule has 2 aromatic rings. The zero-order valence-electron chi connectivity index (χ0n) is 20.1. The van der Waals surface area contributed by atoms with Crippen LogP contribution in [-0.2, 0) is 11.2 Å². The lowest BCUT2D eigenvalue weighted by Gasteiger charge is -2.36. The van der Waals surface area contributed by atoms with E-state index < -0.39 is 0 Å². The highest BCUT2D eigenvalue weighted by Crippen LogP contribution is 2.48. The van der Waals surface area contributed by atoms with Crippen molar-refractivity contribution in [3.8, 4) is 0 Å². The Balaban J connectivity index is 1.47. The van der Waals surface area contributed by atoms with E-state index in [1.807, 2.05) is 18.2 Å². The summed E-state index contributed by atoms with van der Waals surface area (Å²) in [6, 6.07) is 6.17. The number of rotatable bonds is 11. The first kappa shape index (κ1) is 24.2. The summed E-state index contributed by atoms with van der Waals surface area (Å²) in [5.41, 5.74) is 1.75. The van der Waals surface area contributed by atoms with E-state index in [0.717, 1.165) is 48.3 Å². The van der Waals surface area contributed by atoms with Crippen molar-refractivity contribution in [2.45, 2.75) is 90.0 Å². The molecule has 4 rings (SSSR count). The van der Waals surface area contributed by atoms with Crippen LogP contribution in [0.25, 0.3) is 0 Å². The molecule has 2 saturated carbocycles. The minimum absolute atomic E-state index is 0.0106. The SMILES string of the molecule is CCc1ccc(NC(=O)C[C@H](CCO)c2nnc(C3CC(CC(C)C)C3)n2C2CC2)c(Cl)c1. The molecule has 6 nitrogen and oxygen atoms in total. The van der Waals surface area contributed by atoms with Gasteiger partial charge in [-0.05, 0) is 74.5 Å². The Morgan fingerprint density at radius 3 is 2.64 bits per heavy atom. The third-order valence-electron chi connectivity index (χ3n) is 7.06. The lowest BCUT2D eigenvalue weighted by molar-refractivity contribution is -0.116. The molecule has 1 atom stereocenters. The van der Waals surface area contributed by atoms with Gasteiger partial charge in [-0.25, -0.2) is 0 Å². The number of aliphatic hydroxyl groups excluding tert-OH is 1. The summed E-state index contributed by atoms with van der Waals surface area (Å²) in [5.74, 6) is 3.64. The number of anilines is 1.